The molecule has 0 aliphatic rings. The number of nitrogens with zero attached hydrogens (tertiary/aromatic N) is 1. The van der Waals surface area contributed by atoms with Crippen molar-refractivity contribution >= 4 is 0 Å². The Morgan fingerprint density at radius 2 is 1.75 bits per heavy atom. The fraction of sp³-hybridized carbons (Fsp3) is 0.0588. The molecule has 2 heterocycles. The van der Waals surface area contributed by atoms with Crippen molar-refractivity contribution in [3.8, 4) is 22.3 Å². The molecule has 0 aliphatic carbocycles. The van der Waals surface area contributed by atoms with Crippen LogP contribution in [0.15, 0.2) is 65.8 Å². The van der Waals surface area contributed by atoms with E-state index in [1.807, 2.05) is 37.3 Å². The monoisotopic (exact) mass is 262 g/mol. The Bertz CT molecular complexity index is 791. The molecule has 0 amide bonds. The normalized spacial score (nSPS) is 10.4. The molecule has 1 N–H and O–H groups in total. The second-order valence-corrected chi connectivity index (χ2v) is 4.73. The Labute approximate surface area is 117 Å². The van der Waals surface area contributed by atoms with E-state index in [0.29, 0.717) is 0 Å². The summed E-state index contributed by atoms with van der Waals surface area (Å²) in [5, 5.41) is 0. The van der Waals surface area contributed by atoms with Gasteiger partial charge in [0, 0.05) is 30.2 Å². The van der Waals surface area contributed by atoms with E-state index in [1.165, 1.54) is 5.56 Å². The van der Waals surface area contributed by atoms with Gasteiger partial charge in [-0.1, -0.05) is 29.8 Å². The third-order valence-electron chi connectivity index (χ3n) is 3.24. The van der Waals surface area contributed by atoms with Crippen LogP contribution >= 0.6 is 0 Å². The number of rotatable bonds is 2. The van der Waals surface area contributed by atoms with Gasteiger partial charge in [0.05, 0.1) is 0 Å². The van der Waals surface area contributed by atoms with Crippen LogP contribution in [0.5, 0.6) is 0 Å². The summed E-state index contributed by atoms with van der Waals surface area (Å²) in [5.74, 6) is 0. The summed E-state index contributed by atoms with van der Waals surface area (Å²) in [4.78, 5) is 18.4. The zero-order chi connectivity index (χ0) is 13.9. The number of pyridine rings is 2. The van der Waals surface area contributed by atoms with Gasteiger partial charge in [-0.25, -0.2) is 0 Å². The van der Waals surface area contributed by atoms with Crippen molar-refractivity contribution < 1.29 is 0 Å². The molecule has 20 heavy (non-hydrogen) atoms. The minimum absolute atomic E-state index is 0.0979. The maximum absolute atomic E-state index is 11.7. The van der Waals surface area contributed by atoms with Gasteiger partial charge in [-0.15, -0.1) is 0 Å². The molecule has 98 valence electrons. The lowest BCUT2D eigenvalue weighted by Crippen LogP contribution is -2.04. The van der Waals surface area contributed by atoms with E-state index in [1.54, 1.807) is 24.7 Å². The summed E-state index contributed by atoms with van der Waals surface area (Å²) in [6.45, 7) is 2.04. The fourth-order valence-electron chi connectivity index (χ4n) is 2.29. The van der Waals surface area contributed by atoms with E-state index in [-0.39, 0.29) is 5.56 Å². The van der Waals surface area contributed by atoms with E-state index < -0.39 is 0 Å². The van der Waals surface area contributed by atoms with Crippen LogP contribution in [0.3, 0.4) is 0 Å². The molecular weight excluding hydrogens is 248 g/mol. The Balaban J connectivity index is 2.25. The van der Waals surface area contributed by atoms with Crippen molar-refractivity contribution in [2.45, 2.75) is 6.92 Å². The van der Waals surface area contributed by atoms with Crippen LogP contribution < -0.4 is 5.56 Å². The Kier molecular flexibility index (Phi) is 3.17. The van der Waals surface area contributed by atoms with Crippen LogP contribution in [0.25, 0.3) is 22.3 Å². The third-order valence-corrected chi connectivity index (χ3v) is 3.24. The molecule has 0 spiro atoms. The zero-order valence-corrected chi connectivity index (χ0v) is 11.1. The van der Waals surface area contributed by atoms with Crippen molar-refractivity contribution in [1.82, 2.24) is 9.97 Å². The highest BCUT2D eigenvalue weighted by Crippen LogP contribution is 2.30. The Hall–Kier alpha value is -2.68. The first-order valence-corrected chi connectivity index (χ1v) is 6.44. The highest BCUT2D eigenvalue weighted by atomic mass is 16.1. The lowest BCUT2D eigenvalue weighted by Gasteiger charge is -2.10. The minimum atomic E-state index is -0.0979. The summed E-state index contributed by atoms with van der Waals surface area (Å²) < 4.78 is 0. The number of benzene rings is 1. The number of hydrogen-bond donors (Lipinski definition) is 1. The van der Waals surface area contributed by atoms with E-state index >= 15 is 0 Å². The summed E-state index contributed by atoms with van der Waals surface area (Å²) in [7, 11) is 0. The number of hydrogen-bond acceptors (Lipinski definition) is 2. The molecule has 0 atom stereocenters. The van der Waals surface area contributed by atoms with Crippen molar-refractivity contribution in [2.75, 3.05) is 0 Å². The predicted octanol–water partition coefficient (Wildman–Crippen LogP) is 3.41. The van der Waals surface area contributed by atoms with Crippen LogP contribution in [0.1, 0.15) is 5.56 Å². The van der Waals surface area contributed by atoms with Crippen molar-refractivity contribution in [3.63, 3.8) is 0 Å². The van der Waals surface area contributed by atoms with Crippen molar-refractivity contribution in [2.24, 2.45) is 0 Å². The molecule has 0 saturated heterocycles. The van der Waals surface area contributed by atoms with Gasteiger partial charge in [-0.2, -0.15) is 0 Å². The number of aromatic nitrogens is 2. The standard InChI is InChI=1S/C17H14N2O/c1-12-3-2-4-14(9-12)15-10-17(20)19-11-16(15)13-5-7-18-8-6-13/h2-11H,1H3,(H,19,20). The SMILES string of the molecule is Cc1cccc(-c2cc(=O)[nH]cc2-c2ccncc2)c1. The van der Waals surface area contributed by atoms with Gasteiger partial charge in [0.1, 0.15) is 0 Å². The molecular formula is C17H14N2O. The van der Waals surface area contributed by atoms with Gasteiger partial charge in [-0.3, -0.25) is 9.78 Å². The Morgan fingerprint density at radius 3 is 2.50 bits per heavy atom. The summed E-state index contributed by atoms with van der Waals surface area (Å²) in [5.41, 5.74) is 5.08. The minimum Gasteiger partial charge on any atom is -0.328 e. The van der Waals surface area contributed by atoms with Crippen LogP contribution in [-0.4, -0.2) is 9.97 Å². The van der Waals surface area contributed by atoms with Gasteiger partial charge < -0.3 is 4.98 Å². The van der Waals surface area contributed by atoms with Gasteiger partial charge in [0.25, 0.3) is 0 Å². The van der Waals surface area contributed by atoms with Gasteiger partial charge in [0.15, 0.2) is 0 Å². The summed E-state index contributed by atoms with van der Waals surface area (Å²) in [6, 6.07) is 13.7. The molecule has 0 saturated carbocycles. The van der Waals surface area contributed by atoms with Crippen LogP contribution in [0, 0.1) is 6.92 Å². The first-order valence-electron chi connectivity index (χ1n) is 6.44. The largest absolute Gasteiger partial charge is 0.328 e. The van der Waals surface area contributed by atoms with E-state index in [2.05, 4.69) is 16.0 Å². The molecule has 3 rings (SSSR count). The molecule has 3 nitrogen and oxygen atoms in total. The molecule has 2 aromatic heterocycles. The molecule has 3 aromatic rings. The highest BCUT2D eigenvalue weighted by molar-refractivity contribution is 5.82. The molecule has 3 heteroatoms. The maximum Gasteiger partial charge on any atom is 0.248 e. The summed E-state index contributed by atoms with van der Waals surface area (Å²) >= 11 is 0. The molecule has 0 bridgehead atoms. The highest BCUT2D eigenvalue weighted by Gasteiger charge is 2.08. The van der Waals surface area contributed by atoms with E-state index in [9.17, 15) is 4.79 Å². The summed E-state index contributed by atoms with van der Waals surface area (Å²) in [6.07, 6.45) is 5.26. The second kappa shape index (κ2) is 5.13. The number of aromatic amines is 1. The van der Waals surface area contributed by atoms with Gasteiger partial charge in [0.2, 0.25) is 5.56 Å². The lowest BCUT2D eigenvalue weighted by molar-refractivity contribution is 1.24. The third kappa shape index (κ3) is 2.38. The smallest absolute Gasteiger partial charge is 0.248 e. The molecule has 0 aliphatic heterocycles. The first-order chi connectivity index (χ1) is 9.74. The number of H-pyrrole nitrogens is 1. The fourth-order valence-corrected chi connectivity index (χ4v) is 2.29. The van der Waals surface area contributed by atoms with Crippen LogP contribution in [0.2, 0.25) is 0 Å². The zero-order valence-electron chi connectivity index (χ0n) is 11.1. The molecule has 0 unspecified atom stereocenters. The van der Waals surface area contributed by atoms with Crippen molar-refractivity contribution in [3.05, 3.63) is 77.0 Å². The quantitative estimate of drug-likeness (QED) is 0.769. The van der Waals surface area contributed by atoms with E-state index in [0.717, 1.165) is 22.3 Å². The average Bonchev–Trinajstić information content (AvgIpc) is 2.48. The second-order valence-electron chi connectivity index (χ2n) is 4.73. The predicted molar refractivity (Wildman–Crippen MR) is 80.5 cm³/mol. The topological polar surface area (TPSA) is 45.8 Å². The van der Waals surface area contributed by atoms with Crippen LogP contribution in [-0.2, 0) is 0 Å². The first kappa shape index (κ1) is 12.4. The molecule has 0 fully saturated rings. The van der Waals surface area contributed by atoms with Gasteiger partial charge >= 0.3 is 0 Å². The molecule has 0 radical (unpaired) electrons. The van der Waals surface area contributed by atoms with E-state index in [4.69, 9.17) is 0 Å². The van der Waals surface area contributed by atoms with Crippen LogP contribution in [0.4, 0.5) is 0 Å². The Morgan fingerprint density at radius 1 is 0.950 bits per heavy atom. The van der Waals surface area contributed by atoms with Gasteiger partial charge in [-0.05, 0) is 35.7 Å². The number of aryl methyl sites for hydroxylation is 1. The lowest BCUT2D eigenvalue weighted by atomic mass is 9.96. The maximum atomic E-state index is 11.7. The number of nitrogens with one attached hydrogen (secondary N) is 1. The molecule has 1 aromatic carbocycles. The average molecular weight is 262 g/mol. The van der Waals surface area contributed by atoms with Crippen molar-refractivity contribution in [1.29, 1.82) is 0 Å².